The second-order valence-electron chi connectivity index (χ2n) is 17.2. The number of allylic oxidation sites excluding steroid dienone is 4. The number of Topliss-reactive ketones (excluding diaryl/α,β-unsaturated/α-hetero) is 1. The van der Waals surface area contributed by atoms with E-state index in [1.807, 2.05) is 73.6 Å². The van der Waals surface area contributed by atoms with Crippen LogP contribution in [0.2, 0.25) is 0 Å². The molecule has 1 heterocycles. The van der Waals surface area contributed by atoms with Crippen molar-refractivity contribution < 1.29 is 9.90 Å². The number of hydrogen-bond donors (Lipinski definition) is 2. The standard InChI is InChI=1S/C34H48N4O.C10H16O.C4H6.2C2H6/c1-25(29-15-12-16-30(24-29)34(7,8)33(4,5)6)23-31(38-19-17-37(18-20-38)21-22-39)36-27(3)32(26(2)35)28-13-10-9-11-14-28;1-8(11)6-10-4-2-9(7-10)3-5-10;1-3-4-2;2*1-2/h9-16,23-24,39H,1,17-22,35H2,2-8H3;9H,2-7H2,1H3;1-2H3;2*1-2H3/b31-23+,32-26+,36-27+;;;;. The molecule has 3 aliphatic rings. The third kappa shape index (κ3) is 15.7. The molecule has 0 amide bonds. The van der Waals surface area contributed by atoms with Gasteiger partial charge in [-0.25, -0.2) is 4.99 Å². The van der Waals surface area contributed by atoms with Gasteiger partial charge in [0.05, 0.1) is 6.61 Å². The van der Waals surface area contributed by atoms with Gasteiger partial charge in [0.1, 0.15) is 11.6 Å². The Morgan fingerprint density at radius 1 is 0.897 bits per heavy atom. The smallest absolute Gasteiger partial charge is 0.130 e. The van der Waals surface area contributed by atoms with Crippen molar-refractivity contribution in [3.8, 4) is 11.8 Å². The van der Waals surface area contributed by atoms with Gasteiger partial charge in [-0.15, -0.1) is 11.8 Å². The Kier molecular flexibility index (Phi) is 22.9. The summed E-state index contributed by atoms with van der Waals surface area (Å²) in [5, 5.41) is 9.39. The van der Waals surface area contributed by atoms with Crippen molar-refractivity contribution in [1.82, 2.24) is 9.80 Å². The highest BCUT2D eigenvalue weighted by atomic mass is 16.3. The van der Waals surface area contributed by atoms with Gasteiger partial charge in [0.25, 0.3) is 0 Å². The van der Waals surface area contributed by atoms with Crippen molar-refractivity contribution in [3.63, 3.8) is 0 Å². The molecule has 6 nitrogen and oxygen atoms in total. The Bertz CT molecular complexity index is 1690. The maximum Gasteiger partial charge on any atom is 0.130 e. The number of piperazine rings is 1. The molecule has 3 N–H and O–H groups in total. The average Bonchev–Trinajstić information content (AvgIpc) is 3.80. The van der Waals surface area contributed by atoms with Crippen molar-refractivity contribution in [1.29, 1.82) is 0 Å². The number of aliphatic hydroxyl groups is 1. The molecule has 2 saturated carbocycles. The van der Waals surface area contributed by atoms with E-state index in [1.54, 1.807) is 6.92 Å². The van der Waals surface area contributed by atoms with Crippen LogP contribution in [0.25, 0.3) is 11.1 Å². The number of benzene rings is 2. The van der Waals surface area contributed by atoms with Gasteiger partial charge in [-0.2, -0.15) is 0 Å². The Hall–Kier alpha value is -3.92. The first kappa shape index (κ1) is 52.1. The van der Waals surface area contributed by atoms with Gasteiger partial charge in [-0.3, -0.25) is 4.90 Å². The molecule has 0 atom stereocenters. The van der Waals surface area contributed by atoms with Crippen LogP contribution in [0, 0.1) is 28.6 Å². The fourth-order valence-electron chi connectivity index (χ4n) is 7.96. The summed E-state index contributed by atoms with van der Waals surface area (Å²) in [5.74, 6) is 7.62. The number of carbonyl (C=O) groups is 1. The molecule has 6 heteroatoms. The molecule has 0 spiro atoms. The summed E-state index contributed by atoms with van der Waals surface area (Å²) in [4.78, 5) is 20.8. The molecule has 0 radical (unpaired) electrons. The zero-order chi connectivity index (χ0) is 44.1. The third-order valence-corrected chi connectivity index (χ3v) is 12.1. The summed E-state index contributed by atoms with van der Waals surface area (Å²) in [6, 6.07) is 19.0. The first-order valence-electron chi connectivity index (χ1n) is 22.0. The Labute approximate surface area is 356 Å². The number of rotatable bonds is 11. The Morgan fingerprint density at radius 3 is 1.90 bits per heavy atom. The fraction of sp³-hybridized carbons (Fsp3) is 0.577. The topological polar surface area (TPSA) is 82.2 Å². The zero-order valence-electron chi connectivity index (χ0n) is 39.3. The summed E-state index contributed by atoms with van der Waals surface area (Å²) < 4.78 is 0. The van der Waals surface area contributed by atoms with Crippen molar-refractivity contribution in [2.24, 2.45) is 27.5 Å². The van der Waals surface area contributed by atoms with E-state index in [0.29, 0.717) is 17.7 Å². The van der Waals surface area contributed by atoms with Gasteiger partial charge in [0.15, 0.2) is 0 Å². The maximum absolute atomic E-state index is 11.0. The van der Waals surface area contributed by atoms with Crippen LogP contribution in [0.5, 0.6) is 0 Å². The van der Waals surface area contributed by atoms with Crippen LogP contribution in [0.4, 0.5) is 0 Å². The highest BCUT2D eigenvalue weighted by Gasteiger charge is 2.45. The molecule has 2 aromatic carbocycles. The van der Waals surface area contributed by atoms with Gasteiger partial charge >= 0.3 is 0 Å². The first-order chi connectivity index (χ1) is 27.5. The summed E-state index contributed by atoms with van der Waals surface area (Å²) in [6.07, 6.45) is 9.79. The average molecular weight is 795 g/mol. The van der Waals surface area contributed by atoms with E-state index >= 15 is 0 Å². The zero-order valence-corrected chi connectivity index (χ0v) is 39.3. The molecule has 3 fully saturated rings. The van der Waals surface area contributed by atoms with Crippen LogP contribution in [0.1, 0.15) is 152 Å². The predicted octanol–water partition coefficient (Wildman–Crippen LogP) is 12.0. The molecule has 58 heavy (non-hydrogen) atoms. The molecule has 2 bridgehead atoms. The minimum Gasteiger partial charge on any atom is -0.402 e. The van der Waals surface area contributed by atoms with Gasteiger partial charge in [-0.1, -0.05) is 123 Å². The van der Waals surface area contributed by atoms with E-state index < -0.39 is 0 Å². The first-order valence-corrected chi connectivity index (χ1v) is 22.0. The summed E-state index contributed by atoms with van der Waals surface area (Å²) in [5.41, 5.74) is 13.9. The van der Waals surface area contributed by atoms with Gasteiger partial charge in [0.2, 0.25) is 0 Å². The molecular weight excluding hydrogens is 713 g/mol. The highest BCUT2D eigenvalue weighted by Crippen LogP contribution is 2.56. The number of carbonyl (C=O) groups excluding carboxylic acids is 1. The lowest BCUT2D eigenvalue weighted by Gasteiger charge is -2.39. The van der Waals surface area contributed by atoms with Crippen molar-refractivity contribution in [3.05, 3.63) is 95.5 Å². The van der Waals surface area contributed by atoms with Gasteiger partial charge in [-0.05, 0) is 117 Å². The van der Waals surface area contributed by atoms with Gasteiger partial charge < -0.3 is 20.5 Å². The number of aliphatic imine (C=N–C) groups is 1. The van der Waals surface area contributed by atoms with Crippen LogP contribution in [0.3, 0.4) is 0 Å². The van der Waals surface area contributed by atoms with Crippen LogP contribution in [0.15, 0.2) is 83.8 Å². The fourth-order valence-corrected chi connectivity index (χ4v) is 7.96. The van der Waals surface area contributed by atoms with E-state index in [4.69, 9.17) is 10.7 Å². The molecule has 322 valence electrons. The van der Waals surface area contributed by atoms with E-state index in [-0.39, 0.29) is 17.4 Å². The molecule has 1 saturated heterocycles. The largest absolute Gasteiger partial charge is 0.402 e. The van der Waals surface area contributed by atoms with Crippen LogP contribution < -0.4 is 5.73 Å². The molecule has 0 unspecified atom stereocenters. The summed E-state index contributed by atoms with van der Waals surface area (Å²) >= 11 is 0. The lowest BCUT2D eigenvalue weighted by Crippen LogP contribution is -2.46. The van der Waals surface area contributed by atoms with E-state index in [9.17, 15) is 9.90 Å². The van der Waals surface area contributed by atoms with Crippen molar-refractivity contribution in [2.45, 2.75) is 141 Å². The number of ketones is 1. The maximum atomic E-state index is 11.0. The minimum atomic E-state index is 0.00163. The SMILES string of the molecule is C=C(\C=C(/N=C(C)/C(=C(/C)N)c1ccccc1)N1CCN(CCO)CC1)c1cccc(C(C)(C)C(C)(C)C)c1.CC.CC.CC#CC.CC(=O)CC12CCC(CC1)C2. The van der Waals surface area contributed by atoms with Crippen LogP contribution >= 0.6 is 0 Å². The number of nitrogens with two attached hydrogens (primary N) is 1. The minimum absolute atomic E-state index is 0.00163. The summed E-state index contributed by atoms with van der Waals surface area (Å²) in [6.45, 7) is 37.6. The second-order valence-corrected chi connectivity index (χ2v) is 17.2. The van der Waals surface area contributed by atoms with Crippen molar-refractivity contribution >= 4 is 22.6 Å². The second kappa shape index (κ2) is 25.5. The Balaban J connectivity index is 0.000000726. The van der Waals surface area contributed by atoms with Crippen LogP contribution in [-0.4, -0.2) is 65.7 Å². The molecule has 2 aromatic rings. The lowest BCUT2D eigenvalue weighted by molar-refractivity contribution is -0.119. The normalized spacial score (nSPS) is 19.6. The lowest BCUT2D eigenvalue weighted by atomic mass is 9.65. The van der Waals surface area contributed by atoms with E-state index in [0.717, 1.165) is 78.0 Å². The number of fused-ring (bicyclic) bond motifs is 2. The van der Waals surface area contributed by atoms with Crippen molar-refractivity contribution in [2.75, 3.05) is 39.3 Å². The molecular formula is C52H82N4O2. The third-order valence-electron chi connectivity index (χ3n) is 12.1. The molecule has 1 aliphatic heterocycles. The molecule has 0 aromatic heterocycles. The highest BCUT2D eigenvalue weighted by molar-refractivity contribution is 6.23. The Morgan fingerprint density at radius 2 is 1.45 bits per heavy atom. The van der Waals surface area contributed by atoms with Crippen LogP contribution in [-0.2, 0) is 10.2 Å². The summed E-state index contributed by atoms with van der Waals surface area (Å²) in [7, 11) is 0. The van der Waals surface area contributed by atoms with E-state index in [2.05, 4.69) is 105 Å². The number of nitrogens with zero attached hydrogens (tertiary/aromatic N) is 3. The number of hydrogen-bond acceptors (Lipinski definition) is 6. The monoisotopic (exact) mass is 795 g/mol. The number of β-amino-alcohol motifs (C(OH)–C–C–N with tert-alkyl or cyclic N) is 1. The quantitative estimate of drug-likeness (QED) is 0.134. The predicted molar refractivity (Wildman–Crippen MR) is 254 cm³/mol. The molecule has 5 rings (SSSR count). The molecule has 2 aliphatic carbocycles. The number of aliphatic hydroxyl groups excluding tert-OH is 1. The van der Waals surface area contributed by atoms with E-state index in [1.165, 1.54) is 37.7 Å². The van der Waals surface area contributed by atoms with Gasteiger partial charge in [0, 0.05) is 56.1 Å².